The monoisotopic (exact) mass is 166 g/mol. The van der Waals surface area contributed by atoms with Crippen LogP contribution in [-0.2, 0) is 4.79 Å². The Bertz CT molecular complexity index is 204. The lowest BCUT2D eigenvalue weighted by Gasteiger charge is -2.11. The molecule has 1 N–H and O–H groups in total. The Labute approximate surface area is 72.6 Å². The second-order valence-corrected chi connectivity index (χ2v) is 3.09. The van der Waals surface area contributed by atoms with Gasteiger partial charge in [-0.3, -0.25) is 4.79 Å². The highest BCUT2D eigenvalue weighted by molar-refractivity contribution is 5.66. The minimum absolute atomic E-state index is 0.300. The van der Waals surface area contributed by atoms with Crippen LogP contribution >= 0.6 is 0 Å². The summed E-state index contributed by atoms with van der Waals surface area (Å²) < 4.78 is 0. The molecule has 1 atom stereocenters. The Balaban J connectivity index is 2.11. The lowest BCUT2D eigenvalue weighted by atomic mass is 9.95. The summed E-state index contributed by atoms with van der Waals surface area (Å²) in [6.07, 6.45) is 11.5. The van der Waals surface area contributed by atoms with Crippen molar-refractivity contribution in [3.8, 4) is 0 Å². The summed E-state index contributed by atoms with van der Waals surface area (Å²) >= 11 is 0. The molecule has 0 aromatic carbocycles. The average molecular weight is 166 g/mol. The number of hydrogen-bond donors (Lipinski definition) is 1. The van der Waals surface area contributed by atoms with Gasteiger partial charge in [-0.15, -0.1) is 0 Å². The van der Waals surface area contributed by atoms with Crippen LogP contribution in [-0.4, -0.2) is 11.1 Å². The number of rotatable bonds is 4. The van der Waals surface area contributed by atoms with Crippen molar-refractivity contribution >= 4 is 5.97 Å². The lowest BCUT2D eigenvalue weighted by Crippen LogP contribution is -2.00. The van der Waals surface area contributed by atoms with Crippen LogP contribution < -0.4 is 0 Å². The summed E-state index contributed by atoms with van der Waals surface area (Å²) in [6.45, 7) is 0. The minimum atomic E-state index is -0.690. The molecule has 0 spiro atoms. The predicted molar refractivity (Wildman–Crippen MR) is 47.9 cm³/mol. The highest BCUT2D eigenvalue weighted by Crippen LogP contribution is 2.17. The summed E-state index contributed by atoms with van der Waals surface area (Å²) in [7, 11) is 0. The molecule has 0 saturated carbocycles. The van der Waals surface area contributed by atoms with Gasteiger partial charge in [-0.1, -0.05) is 24.3 Å². The van der Waals surface area contributed by atoms with Crippen LogP contribution in [0.15, 0.2) is 24.3 Å². The van der Waals surface area contributed by atoms with Crippen molar-refractivity contribution in [3.05, 3.63) is 24.3 Å². The van der Waals surface area contributed by atoms with Crippen molar-refractivity contribution in [1.82, 2.24) is 0 Å². The standard InChI is InChI=1S/C10H14O2/c11-10(12)8-4-7-9-5-2-1-3-6-9/h1-3,5,9H,4,6-8H2,(H,11,12). The largest absolute Gasteiger partial charge is 0.481 e. The summed E-state index contributed by atoms with van der Waals surface area (Å²) in [5.74, 6) is -0.125. The third kappa shape index (κ3) is 3.37. The van der Waals surface area contributed by atoms with E-state index in [0.29, 0.717) is 12.3 Å². The molecule has 0 saturated heterocycles. The molecular weight excluding hydrogens is 152 g/mol. The molecule has 0 bridgehead atoms. The first-order chi connectivity index (χ1) is 5.79. The molecule has 2 heteroatoms. The number of carboxylic acids is 1. The average Bonchev–Trinajstić information content (AvgIpc) is 2.05. The zero-order valence-electron chi connectivity index (χ0n) is 7.07. The Hall–Kier alpha value is -1.05. The van der Waals surface area contributed by atoms with Gasteiger partial charge in [0.25, 0.3) is 0 Å². The van der Waals surface area contributed by atoms with Gasteiger partial charge in [-0.25, -0.2) is 0 Å². The van der Waals surface area contributed by atoms with Crippen LogP contribution in [0, 0.1) is 5.92 Å². The van der Waals surface area contributed by atoms with E-state index in [1.54, 1.807) is 0 Å². The van der Waals surface area contributed by atoms with E-state index in [0.717, 1.165) is 19.3 Å². The van der Waals surface area contributed by atoms with Crippen LogP contribution in [0.5, 0.6) is 0 Å². The first-order valence-electron chi connectivity index (χ1n) is 4.34. The third-order valence-electron chi connectivity index (χ3n) is 2.03. The zero-order chi connectivity index (χ0) is 8.81. The topological polar surface area (TPSA) is 37.3 Å². The molecule has 1 aliphatic rings. The van der Waals surface area contributed by atoms with Crippen LogP contribution in [0.1, 0.15) is 25.7 Å². The minimum Gasteiger partial charge on any atom is -0.481 e. The molecule has 2 nitrogen and oxygen atoms in total. The molecule has 0 amide bonds. The van der Waals surface area contributed by atoms with Gasteiger partial charge in [0.2, 0.25) is 0 Å². The van der Waals surface area contributed by atoms with Gasteiger partial charge >= 0.3 is 5.97 Å². The van der Waals surface area contributed by atoms with E-state index in [4.69, 9.17) is 5.11 Å². The molecule has 1 rings (SSSR count). The van der Waals surface area contributed by atoms with Gasteiger partial charge in [-0.2, -0.15) is 0 Å². The van der Waals surface area contributed by atoms with Crippen molar-refractivity contribution in [3.63, 3.8) is 0 Å². The SMILES string of the molecule is O=C(O)CCCC1C=CC=CC1. The highest BCUT2D eigenvalue weighted by atomic mass is 16.4. The van der Waals surface area contributed by atoms with E-state index in [1.807, 2.05) is 12.2 Å². The van der Waals surface area contributed by atoms with Crippen LogP contribution in [0.25, 0.3) is 0 Å². The normalized spacial score (nSPS) is 21.2. The maximum absolute atomic E-state index is 10.2. The second kappa shape index (κ2) is 4.75. The number of allylic oxidation sites excluding steroid dienone is 4. The van der Waals surface area contributed by atoms with Crippen molar-refractivity contribution in [2.45, 2.75) is 25.7 Å². The van der Waals surface area contributed by atoms with Crippen LogP contribution in [0.3, 0.4) is 0 Å². The van der Waals surface area contributed by atoms with Gasteiger partial charge in [-0.05, 0) is 25.2 Å². The molecule has 1 aliphatic carbocycles. The first kappa shape index (κ1) is 9.04. The fourth-order valence-corrected chi connectivity index (χ4v) is 1.36. The lowest BCUT2D eigenvalue weighted by molar-refractivity contribution is -0.137. The molecule has 0 radical (unpaired) electrons. The van der Waals surface area contributed by atoms with E-state index in [1.165, 1.54) is 0 Å². The number of hydrogen-bond acceptors (Lipinski definition) is 1. The van der Waals surface area contributed by atoms with Gasteiger partial charge in [0, 0.05) is 6.42 Å². The number of aliphatic carboxylic acids is 1. The van der Waals surface area contributed by atoms with Gasteiger partial charge in [0.05, 0.1) is 0 Å². The second-order valence-electron chi connectivity index (χ2n) is 3.09. The Morgan fingerprint density at radius 2 is 2.33 bits per heavy atom. The summed E-state index contributed by atoms with van der Waals surface area (Å²) in [5, 5.41) is 8.41. The molecule has 0 aromatic heterocycles. The maximum Gasteiger partial charge on any atom is 0.303 e. The maximum atomic E-state index is 10.2. The molecule has 0 heterocycles. The summed E-state index contributed by atoms with van der Waals surface area (Å²) in [6, 6.07) is 0. The van der Waals surface area contributed by atoms with Gasteiger partial charge in [0.15, 0.2) is 0 Å². The fourth-order valence-electron chi connectivity index (χ4n) is 1.36. The highest BCUT2D eigenvalue weighted by Gasteiger charge is 2.05. The van der Waals surface area contributed by atoms with Gasteiger partial charge < -0.3 is 5.11 Å². The van der Waals surface area contributed by atoms with E-state index in [-0.39, 0.29) is 0 Å². The molecule has 0 aromatic rings. The Kier molecular flexibility index (Phi) is 3.58. The van der Waals surface area contributed by atoms with Crippen molar-refractivity contribution in [2.75, 3.05) is 0 Å². The third-order valence-corrected chi connectivity index (χ3v) is 2.03. The molecule has 0 fully saturated rings. The molecule has 0 aliphatic heterocycles. The smallest absolute Gasteiger partial charge is 0.303 e. The predicted octanol–water partition coefficient (Wildman–Crippen LogP) is 2.37. The Morgan fingerprint density at radius 3 is 2.92 bits per heavy atom. The molecular formula is C10H14O2. The molecule has 1 unspecified atom stereocenters. The summed E-state index contributed by atoms with van der Waals surface area (Å²) in [4.78, 5) is 10.2. The number of carboxylic acid groups (broad SMARTS) is 1. The molecule has 12 heavy (non-hydrogen) atoms. The van der Waals surface area contributed by atoms with Crippen molar-refractivity contribution in [1.29, 1.82) is 0 Å². The van der Waals surface area contributed by atoms with E-state index in [2.05, 4.69) is 12.2 Å². The van der Waals surface area contributed by atoms with Crippen molar-refractivity contribution < 1.29 is 9.90 Å². The van der Waals surface area contributed by atoms with E-state index in [9.17, 15) is 4.79 Å². The summed E-state index contributed by atoms with van der Waals surface area (Å²) in [5.41, 5.74) is 0. The van der Waals surface area contributed by atoms with E-state index >= 15 is 0 Å². The van der Waals surface area contributed by atoms with Crippen LogP contribution in [0.2, 0.25) is 0 Å². The zero-order valence-corrected chi connectivity index (χ0v) is 7.07. The van der Waals surface area contributed by atoms with Gasteiger partial charge in [0.1, 0.15) is 0 Å². The van der Waals surface area contributed by atoms with E-state index < -0.39 is 5.97 Å². The molecule has 66 valence electrons. The number of carbonyl (C=O) groups is 1. The Morgan fingerprint density at radius 1 is 1.50 bits per heavy atom. The fraction of sp³-hybridized carbons (Fsp3) is 0.500. The quantitative estimate of drug-likeness (QED) is 0.696. The first-order valence-corrected chi connectivity index (χ1v) is 4.34. The van der Waals surface area contributed by atoms with Crippen molar-refractivity contribution in [2.24, 2.45) is 5.92 Å². The van der Waals surface area contributed by atoms with Crippen LogP contribution in [0.4, 0.5) is 0 Å².